The predicted octanol–water partition coefficient (Wildman–Crippen LogP) is -0.204. The van der Waals surface area contributed by atoms with E-state index < -0.39 is 103 Å². The summed E-state index contributed by atoms with van der Waals surface area (Å²) in [4.78, 5) is 145. The lowest BCUT2D eigenvalue weighted by molar-refractivity contribution is -0.147. The summed E-state index contributed by atoms with van der Waals surface area (Å²) in [6, 6.07) is 12.0. The fraction of sp³-hybridized carbons (Fsp3) is 0.574. The number of hydrogen-bond acceptors (Lipinski definition) is 20. The summed E-state index contributed by atoms with van der Waals surface area (Å²) >= 11 is 2.22. The molecule has 3 saturated heterocycles. The number of rotatable bonds is 32. The highest BCUT2D eigenvalue weighted by Gasteiger charge is 2.47. The number of piperazine rings is 1. The van der Waals surface area contributed by atoms with Crippen LogP contribution >= 0.6 is 22.6 Å². The molecular formula is C61H82F2IN13O16. The third-order valence-electron chi connectivity index (χ3n) is 15.8. The summed E-state index contributed by atoms with van der Waals surface area (Å²) in [6.07, 6.45) is 2.12. The third kappa shape index (κ3) is 25.9. The molecule has 3 aliphatic heterocycles. The average molecular weight is 1420 g/mol. The van der Waals surface area contributed by atoms with Crippen LogP contribution in [0.5, 0.6) is 5.75 Å². The highest BCUT2D eigenvalue weighted by atomic mass is 127. The van der Waals surface area contributed by atoms with Crippen LogP contribution in [0.3, 0.4) is 0 Å². The molecule has 0 aliphatic carbocycles. The molecule has 32 heteroatoms. The molecule has 2 aromatic carbocycles. The van der Waals surface area contributed by atoms with E-state index >= 15 is 0 Å². The number of aliphatic carboxylic acids is 3. The number of aryl methyl sites for hydroxylation is 1. The number of likely N-dealkylation sites (tertiary alicyclic amines) is 1. The second kappa shape index (κ2) is 37.8. The number of ether oxygens (including phenoxy) is 3. The lowest BCUT2D eigenvalue weighted by Crippen LogP contribution is -2.58. The van der Waals surface area contributed by atoms with Gasteiger partial charge >= 0.3 is 23.9 Å². The SMILES string of the molecule is COC(=O)C[C@H](NC(=O)[C@H](CCOCCNC(=O)CCCc1ccc(I)cc1)NC(=O)CN1CCN(CC(=O)O)CCN(CC(=O)O)CCN(CC(=O)O)CC1)C(=O)N1CCN(CCCOc2ccc3nccc(C(=O)NCC(=O)N4CC(F)(F)C[C@@H]4C#N)c3c2)CC1. The van der Waals surface area contributed by atoms with Crippen LogP contribution in [0.2, 0.25) is 0 Å². The van der Waals surface area contributed by atoms with Crippen LogP contribution in [-0.4, -0.2) is 296 Å². The van der Waals surface area contributed by atoms with Gasteiger partial charge in [-0.2, -0.15) is 5.26 Å². The fourth-order valence-corrected chi connectivity index (χ4v) is 11.2. The quantitative estimate of drug-likeness (QED) is 0.0242. The van der Waals surface area contributed by atoms with Crippen LogP contribution in [0.1, 0.15) is 54.4 Å². The van der Waals surface area contributed by atoms with Crippen LogP contribution in [0.15, 0.2) is 54.7 Å². The minimum atomic E-state index is -3.21. The van der Waals surface area contributed by atoms with E-state index in [0.29, 0.717) is 49.1 Å². The van der Waals surface area contributed by atoms with Crippen molar-refractivity contribution in [3.63, 3.8) is 0 Å². The van der Waals surface area contributed by atoms with E-state index in [1.165, 1.54) is 17.2 Å². The highest BCUT2D eigenvalue weighted by Crippen LogP contribution is 2.32. The summed E-state index contributed by atoms with van der Waals surface area (Å²) in [5.74, 6) is -10.7. The number of hydrogen-bond donors (Lipinski definition) is 7. The number of fused-ring (bicyclic) bond motifs is 1. The summed E-state index contributed by atoms with van der Waals surface area (Å²) in [7, 11) is 1.13. The molecule has 29 nitrogen and oxygen atoms in total. The number of nitriles is 1. The first kappa shape index (κ1) is 74.2. The normalized spacial score (nSPS) is 17.8. The number of halogens is 3. The predicted molar refractivity (Wildman–Crippen MR) is 338 cm³/mol. The maximum absolute atomic E-state index is 14.4. The van der Waals surface area contributed by atoms with Crippen molar-refractivity contribution < 1.29 is 86.3 Å². The zero-order chi connectivity index (χ0) is 67.5. The second-order valence-electron chi connectivity index (χ2n) is 22.8. The average Bonchev–Trinajstić information content (AvgIpc) is 1.91. The van der Waals surface area contributed by atoms with E-state index in [1.54, 1.807) is 43.9 Å². The summed E-state index contributed by atoms with van der Waals surface area (Å²) in [5, 5.41) is 49.4. The van der Waals surface area contributed by atoms with Crippen molar-refractivity contribution in [2.24, 2.45) is 0 Å². The number of carboxylic acids is 3. The van der Waals surface area contributed by atoms with Crippen LogP contribution in [-0.2, 0) is 59.0 Å². The minimum Gasteiger partial charge on any atom is -0.494 e. The highest BCUT2D eigenvalue weighted by molar-refractivity contribution is 14.1. The molecular weight excluding hydrogens is 1340 g/mol. The number of benzene rings is 2. The van der Waals surface area contributed by atoms with Gasteiger partial charge in [-0.15, -0.1) is 0 Å². The Morgan fingerprint density at radius 3 is 1.91 bits per heavy atom. The molecule has 3 fully saturated rings. The standard InChI is InChI=1S/C61H82F2IN13O16/c1-91-57(87)33-50(60(90)76-27-25-71(26-28-76)16-3-29-93-45-10-11-48-47(32-45)46(12-14-66-48)58(88)68-36-53(80)77-41-61(62,63)34-44(77)35-65)70-59(89)49(13-30-92-31-15-67-51(78)5-2-4-42-6-8-43(64)9-7-42)69-52(79)37-72-17-19-73(38-54(81)82)21-23-75(40-56(85)86)24-22-74(20-18-72)39-55(83)84/h6-12,14,32,44,49-50H,2-5,13,15-31,33-34,36-41H2,1H3,(H,67,78)(H,68,88)(H,69,79)(H,70,89)(H,81,82)(H,83,84)(H,85,86)/t44-,49+,50+/m1/s1. The van der Waals surface area contributed by atoms with Crippen molar-refractivity contribution in [3.05, 3.63) is 69.4 Å². The lowest BCUT2D eigenvalue weighted by Gasteiger charge is -2.36. The summed E-state index contributed by atoms with van der Waals surface area (Å²) in [5.41, 5.74) is 1.72. The Labute approximate surface area is 550 Å². The maximum Gasteiger partial charge on any atom is 0.317 e. The molecule has 3 aromatic rings. The van der Waals surface area contributed by atoms with Crippen LogP contribution < -0.4 is 26.0 Å². The Morgan fingerprint density at radius 1 is 0.720 bits per heavy atom. The largest absolute Gasteiger partial charge is 0.494 e. The Bertz CT molecular complexity index is 3070. The Hall–Kier alpha value is -7.81. The number of amides is 6. The molecule has 3 atom stereocenters. The van der Waals surface area contributed by atoms with Gasteiger partial charge in [-0.3, -0.25) is 77.4 Å². The number of nitrogens with zero attached hydrogens (tertiary/aromatic N) is 9. The van der Waals surface area contributed by atoms with E-state index in [0.717, 1.165) is 27.6 Å². The van der Waals surface area contributed by atoms with Gasteiger partial charge < -0.3 is 60.6 Å². The molecule has 0 spiro atoms. The second-order valence-corrected chi connectivity index (χ2v) is 24.0. The Kier molecular flexibility index (Phi) is 30.2. The molecule has 0 saturated carbocycles. The van der Waals surface area contributed by atoms with Crippen molar-refractivity contribution in [1.29, 1.82) is 5.26 Å². The molecule has 6 rings (SSSR count). The first-order valence-corrected chi connectivity index (χ1v) is 31.7. The maximum atomic E-state index is 14.4. The molecule has 1 aromatic heterocycles. The smallest absolute Gasteiger partial charge is 0.317 e. The summed E-state index contributed by atoms with van der Waals surface area (Å²) < 4.78 is 45.8. The van der Waals surface area contributed by atoms with Gasteiger partial charge in [0.15, 0.2) is 0 Å². The number of methoxy groups -OCH3 is 1. The molecule has 6 amide bonds. The van der Waals surface area contributed by atoms with E-state index in [2.05, 4.69) is 53.7 Å². The molecule has 3 aliphatic rings. The van der Waals surface area contributed by atoms with E-state index in [4.69, 9.17) is 14.2 Å². The summed E-state index contributed by atoms with van der Waals surface area (Å²) in [6.45, 7) is 0.251. The van der Waals surface area contributed by atoms with Crippen LogP contribution in [0.25, 0.3) is 10.9 Å². The van der Waals surface area contributed by atoms with Crippen molar-refractivity contribution in [2.75, 3.05) is 158 Å². The number of pyridine rings is 1. The number of carbonyl (C=O) groups excluding carboxylic acids is 7. The minimum absolute atomic E-state index is 0.0522. The van der Waals surface area contributed by atoms with Gasteiger partial charge in [-0.25, -0.2) is 8.78 Å². The Morgan fingerprint density at radius 2 is 1.32 bits per heavy atom. The van der Waals surface area contributed by atoms with Gasteiger partial charge in [0.2, 0.25) is 29.5 Å². The molecule has 7 N–H and O–H groups in total. The molecule has 0 radical (unpaired) electrons. The number of aromatic nitrogens is 1. The topological polar surface area (TPSA) is 367 Å². The van der Waals surface area contributed by atoms with Gasteiger partial charge in [-0.05, 0) is 90.2 Å². The van der Waals surface area contributed by atoms with Crippen molar-refractivity contribution in [3.8, 4) is 11.8 Å². The van der Waals surface area contributed by atoms with E-state index in [-0.39, 0.29) is 142 Å². The fourth-order valence-electron chi connectivity index (χ4n) is 10.8. The first-order chi connectivity index (χ1) is 44.5. The molecule has 0 unspecified atom stereocenters. The van der Waals surface area contributed by atoms with Gasteiger partial charge in [-0.1, -0.05) is 12.1 Å². The van der Waals surface area contributed by atoms with Crippen molar-refractivity contribution in [1.82, 2.24) is 60.6 Å². The third-order valence-corrected chi connectivity index (χ3v) is 16.5. The number of nitrogens with one attached hydrogen (secondary N) is 4. The van der Waals surface area contributed by atoms with Crippen molar-refractivity contribution >= 4 is 92.8 Å². The van der Waals surface area contributed by atoms with E-state index in [9.17, 15) is 77.3 Å². The molecule has 0 bridgehead atoms. The number of alkyl halides is 2. The zero-order valence-corrected chi connectivity index (χ0v) is 54.1. The van der Waals surface area contributed by atoms with Gasteiger partial charge in [0.1, 0.15) is 23.9 Å². The van der Waals surface area contributed by atoms with Crippen LogP contribution in [0, 0.1) is 14.9 Å². The monoisotopic (exact) mass is 1420 g/mol. The van der Waals surface area contributed by atoms with Crippen molar-refractivity contribution in [2.45, 2.75) is 69.0 Å². The van der Waals surface area contributed by atoms with E-state index in [1.807, 2.05) is 24.3 Å². The molecule has 508 valence electrons. The number of carboxylic acid groups (broad SMARTS) is 3. The van der Waals surface area contributed by atoms with Gasteiger partial charge in [0, 0.05) is 126 Å². The molecule has 93 heavy (non-hydrogen) atoms. The lowest BCUT2D eigenvalue weighted by atomic mass is 10.1. The number of carbonyl (C=O) groups is 10. The first-order valence-electron chi connectivity index (χ1n) is 30.7. The number of esters is 1. The zero-order valence-electron chi connectivity index (χ0n) is 51.9. The Balaban J connectivity index is 1.05. The molecule has 4 heterocycles. The van der Waals surface area contributed by atoms with Gasteiger partial charge in [0.05, 0.1) is 83.2 Å². The van der Waals surface area contributed by atoms with Crippen LogP contribution in [0.4, 0.5) is 8.78 Å². The van der Waals surface area contributed by atoms with Gasteiger partial charge in [0.25, 0.3) is 11.8 Å².